The number of hydrogen-bond acceptors (Lipinski definition) is 4. The van der Waals surface area contributed by atoms with Crippen LogP contribution in [0, 0.1) is 0 Å². The number of rotatable bonds is 10. The maximum absolute atomic E-state index is 12.3. The Morgan fingerprint density at radius 1 is 1.07 bits per heavy atom. The number of methoxy groups -OCH3 is 1. The van der Waals surface area contributed by atoms with E-state index in [-0.39, 0.29) is 30.9 Å². The van der Waals surface area contributed by atoms with Crippen LogP contribution >= 0.6 is 0 Å². The summed E-state index contributed by atoms with van der Waals surface area (Å²) >= 11 is 0. The van der Waals surface area contributed by atoms with Crippen LogP contribution in [0.4, 0.5) is 0 Å². The molecule has 0 saturated heterocycles. The highest BCUT2D eigenvalue weighted by atomic mass is 16.5. The van der Waals surface area contributed by atoms with Gasteiger partial charge in [0, 0.05) is 20.3 Å². The van der Waals surface area contributed by atoms with Gasteiger partial charge in [-0.15, -0.1) is 0 Å². The first kappa shape index (κ1) is 20.9. The highest BCUT2D eigenvalue weighted by molar-refractivity contribution is 5.84. The molecule has 2 aromatic rings. The van der Waals surface area contributed by atoms with Crippen molar-refractivity contribution < 1.29 is 14.3 Å². The Morgan fingerprint density at radius 3 is 2.52 bits per heavy atom. The van der Waals surface area contributed by atoms with Crippen LogP contribution in [0.3, 0.4) is 0 Å². The molecule has 146 valence electrons. The molecule has 6 nitrogen and oxygen atoms in total. The molecule has 27 heavy (non-hydrogen) atoms. The van der Waals surface area contributed by atoms with Crippen LogP contribution < -0.4 is 10.6 Å². The lowest BCUT2D eigenvalue weighted by molar-refractivity contribution is -0.124. The van der Waals surface area contributed by atoms with Gasteiger partial charge in [-0.3, -0.25) is 14.5 Å². The second kappa shape index (κ2) is 10.6. The Balaban J connectivity index is 1.78. The summed E-state index contributed by atoms with van der Waals surface area (Å²) in [5.41, 5.74) is 1.06. The van der Waals surface area contributed by atoms with Gasteiger partial charge in [0.1, 0.15) is 0 Å². The number of likely N-dealkylation sites (N-methyl/N-ethyl adjacent to an activating group) is 1. The summed E-state index contributed by atoms with van der Waals surface area (Å²) in [6.07, 6.45) is 0.774. The first-order chi connectivity index (χ1) is 13.0. The average Bonchev–Trinajstić information content (AvgIpc) is 2.64. The van der Waals surface area contributed by atoms with E-state index in [0.29, 0.717) is 13.2 Å². The average molecular weight is 371 g/mol. The quantitative estimate of drug-likeness (QED) is 0.628. The summed E-state index contributed by atoms with van der Waals surface area (Å²) < 4.78 is 4.94. The number of hydrogen-bond donors (Lipinski definition) is 2. The van der Waals surface area contributed by atoms with Gasteiger partial charge in [-0.05, 0) is 42.8 Å². The summed E-state index contributed by atoms with van der Waals surface area (Å²) in [7, 11) is 3.39. The summed E-state index contributed by atoms with van der Waals surface area (Å²) in [5, 5.41) is 8.14. The van der Waals surface area contributed by atoms with Crippen LogP contribution in [0.2, 0.25) is 0 Å². The van der Waals surface area contributed by atoms with E-state index in [9.17, 15) is 9.59 Å². The Hall–Kier alpha value is -2.44. The fourth-order valence-electron chi connectivity index (χ4n) is 2.89. The van der Waals surface area contributed by atoms with Gasteiger partial charge in [0.2, 0.25) is 11.8 Å². The van der Waals surface area contributed by atoms with Crippen LogP contribution in [-0.4, -0.2) is 57.1 Å². The van der Waals surface area contributed by atoms with Gasteiger partial charge in [-0.25, -0.2) is 0 Å². The standard InChI is InChI=1S/C21H29N3O3/c1-16(18-10-9-17-7-4-5-8-19(17)13-18)23-21(26)15-24(2)14-20(25)22-11-6-12-27-3/h4-5,7-10,13,16H,6,11-12,14-15H2,1-3H3,(H,22,25)(H,23,26). The molecule has 0 saturated carbocycles. The van der Waals surface area contributed by atoms with Crippen molar-refractivity contribution in [2.24, 2.45) is 0 Å². The third kappa shape index (κ3) is 7.00. The van der Waals surface area contributed by atoms with Gasteiger partial charge in [-0.1, -0.05) is 36.4 Å². The minimum atomic E-state index is -0.106. The van der Waals surface area contributed by atoms with E-state index in [1.54, 1.807) is 19.1 Å². The lowest BCUT2D eigenvalue weighted by atomic mass is 10.0. The normalized spacial score (nSPS) is 12.1. The number of nitrogens with zero attached hydrogens (tertiary/aromatic N) is 1. The first-order valence-electron chi connectivity index (χ1n) is 9.22. The van der Waals surface area contributed by atoms with Gasteiger partial charge >= 0.3 is 0 Å². The Kier molecular flexibility index (Phi) is 8.23. The van der Waals surface area contributed by atoms with Crippen molar-refractivity contribution in [3.05, 3.63) is 48.0 Å². The highest BCUT2D eigenvalue weighted by Crippen LogP contribution is 2.20. The third-order valence-electron chi connectivity index (χ3n) is 4.33. The van der Waals surface area contributed by atoms with Gasteiger partial charge in [-0.2, -0.15) is 0 Å². The molecule has 1 unspecified atom stereocenters. The summed E-state index contributed by atoms with van der Waals surface area (Å²) in [6, 6.07) is 14.2. The molecular weight excluding hydrogens is 342 g/mol. The number of carbonyl (C=O) groups is 2. The second-order valence-corrected chi connectivity index (χ2v) is 6.76. The van der Waals surface area contributed by atoms with Gasteiger partial charge in [0.25, 0.3) is 0 Å². The van der Waals surface area contributed by atoms with E-state index in [0.717, 1.165) is 17.4 Å². The molecule has 0 bridgehead atoms. The minimum absolute atomic E-state index is 0.0935. The highest BCUT2D eigenvalue weighted by Gasteiger charge is 2.14. The topological polar surface area (TPSA) is 70.7 Å². The van der Waals surface area contributed by atoms with Crippen molar-refractivity contribution in [1.82, 2.24) is 15.5 Å². The van der Waals surface area contributed by atoms with E-state index in [1.165, 1.54) is 5.39 Å². The number of fused-ring (bicyclic) bond motifs is 1. The predicted octanol–water partition coefficient (Wildman–Crippen LogP) is 2.10. The van der Waals surface area contributed by atoms with E-state index in [2.05, 4.69) is 34.9 Å². The molecule has 2 N–H and O–H groups in total. The minimum Gasteiger partial charge on any atom is -0.385 e. The van der Waals surface area contributed by atoms with E-state index in [1.807, 2.05) is 25.1 Å². The van der Waals surface area contributed by atoms with E-state index in [4.69, 9.17) is 4.74 Å². The van der Waals surface area contributed by atoms with Crippen LogP contribution in [0.15, 0.2) is 42.5 Å². The fourth-order valence-corrected chi connectivity index (χ4v) is 2.89. The van der Waals surface area contributed by atoms with Crippen LogP contribution in [0.1, 0.15) is 24.9 Å². The van der Waals surface area contributed by atoms with Crippen molar-refractivity contribution in [3.63, 3.8) is 0 Å². The van der Waals surface area contributed by atoms with E-state index < -0.39 is 0 Å². The molecule has 0 aliphatic rings. The van der Waals surface area contributed by atoms with Gasteiger partial charge < -0.3 is 15.4 Å². The maximum Gasteiger partial charge on any atom is 0.234 e. The number of benzene rings is 2. The summed E-state index contributed by atoms with van der Waals surface area (Å²) in [5.74, 6) is -0.200. The van der Waals surface area contributed by atoms with Gasteiger partial charge in [0.05, 0.1) is 19.1 Å². The number of carbonyl (C=O) groups excluding carboxylic acids is 2. The zero-order valence-corrected chi connectivity index (χ0v) is 16.3. The molecule has 2 aromatic carbocycles. The lowest BCUT2D eigenvalue weighted by Gasteiger charge is -2.19. The molecular formula is C21H29N3O3. The third-order valence-corrected chi connectivity index (χ3v) is 4.33. The lowest BCUT2D eigenvalue weighted by Crippen LogP contribution is -2.41. The summed E-state index contributed by atoms with van der Waals surface area (Å²) in [6.45, 7) is 3.51. The predicted molar refractivity (Wildman–Crippen MR) is 108 cm³/mol. The Morgan fingerprint density at radius 2 is 1.78 bits per heavy atom. The molecule has 0 aromatic heterocycles. The van der Waals surface area contributed by atoms with Gasteiger partial charge in [0.15, 0.2) is 0 Å². The van der Waals surface area contributed by atoms with Crippen molar-refractivity contribution >= 4 is 22.6 Å². The molecule has 0 fully saturated rings. The number of ether oxygens (including phenoxy) is 1. The van der Waals surface area contributed by atoms with Crippen molar-refractivity contribution in [2.75, 3.05) is 40.4 Å². The zero-order chi connectivity index (χ0) is 19.6. The monoisotopic (exact) mass is 371 g/mol. The van der Waals surface area contributed by atoms with Crippen LogP contribution in [0.25, 0.3) is 10.8 Å². The molecule has 0 aliphatic carbocycles. The SMILES string of the molecule is COCCCNC(=O)CN(C)CC(=O)NC(C)c1ccc2ccccc2c1. The maximum atomic E-state index is 12.3. The molecule has 1 atom stereocenters. The van der Waals surface area contributed by atoms with Crippen molar-refractivity contribution in [3.8, 4) is 0 Å². The Bertz CT molecular complexity index is 763. The van der Waals surface area contributed by atoms with Crippen LogP contribution in [-0.2, 0) is 14.3 Å². The second-order valence-electron chi connectivity index (χ2n) is 6.76. The first-order valence-corrected chi connectivity index (χ1v) is 9.22. The fraction of sp³-hybridized carbons (Fsp3) is 0.429. The molecule has 0 heterocycles. The molecule has 6 heteroatoms. The van der Waals surface area contributed by atoms with Crippen molar-refractivity contribution in [2.45, 2.75) is 19.4 Å². The molecule has 0 aliphatic heterocycles. The zero-order valence-electron chi connectivity index (χ0n) is 16.3. The number of nitrogens with one attached hydrogen (secondary N) is 2. The number of amides is 2. The molecule has 2 rings (SSSR count). The molecule has 0 spiro atoms. The smallest absolute Gasteiger partial charge is 0.234 e. The Labute approximate surface area is 160 Å². The van der Waals surface area contributed by atoms with E-state index >= 15 is 0 Å². The van der Waals surface area contributed by atoms with Crippen LogP contribution in [0.5, 0.6) is 0 Å². The molecule has 0 radical (unpaired) electrons. The largest absolute Gasteiger partial charge is 0.385 e. The molecule has 2 amide bonds. The van der Waals surface area contributed by atoms with Crippen molar-refractivity contribution in [1.29, 1.82) is 0 Å². The summed E-state index contributed by atoms with van der Waals surface area (Å²) in [4.78, 5) is 25.8.